The SMILES string of the molecule is O=C(O)CN(Cc1ccc(Cl)cc1)C(=O)CSCC(F)(F)F. The number of aliphatic carboxylic acids is 1. The Balaban J connectivity index is 2.64. The van der Waals surface area contributed by atoms with Crippen LogP contribution < -0.4 is 0 Å². The van der Waals surface area contributed by atoms with Crippen molar-refractivity contribution in [2.24, 2.45) is 0 Å². The second kappa shape index (κ2) is 8.28. The van der Waals surface area contributed by atoms with Crippen molar-refractivity contribution in [1.82, 2.24) is 4.90 Å². The summed E-state index contributed by atoms with van der Waals surface area (Å²) in [5.74, 6) is -3.48. The predicted molar refractivity (Wildman–Crippen MR) is 77.9 cm³/mol. The lowest BCUT2D eigenvalue weighted by Crippen LogP contribution is -2.36. The number of amides is 1. The van der Waals surface area contributed by atoms with E-state index in [0.717, 1.165) is 4.90 Å². The molecule has 0 spiro atoms. The van der Waals surface area contributed by atoms with Crippen molar-refractivity contribution in [3.8, 4) is 0 Å². The first-order chi connectivity index (χ1) is 10.2. The van der Waals surface area contributed by atoms with E-state index < -0.39 is 36.1 Å². The normalized spacial score (nSPS) is 11.3. The molecule has 4 nitrogen and oxygen atoms in total. The molecule has 22 heavy (non-hydrogen) atoms. The van der Waals surface area contributed by atoms with Crippen LogP contribution in [0.15, 0.2) is 24.3 Å². The molecule has 1 rings (SSSR count). The summed E-state index contributed by atoms with van der Waals surface area (Å²) in [6.07, 6.45) is -4.36. The lowest BCUT2D eigenvalue weighted by atomic mass is 10.2. The monoisotopic (exact) mass is 355 g/mol. The summed E-state index contributed by atoms with van der Waals surface area (Å²) in [6, 6.07) is 6.40. The summed E-state index contributed by atoms with van der Waals surface area (Å²) in [5, 5.41) is 9.29. The Morgan fingerprint density at radius 2 is 1.82 bits per heavy atom. The molecule has 0 aliphatic carbocycles. The molecule has 0 radical (unpaired) electrons. The van der Waals surface area contributed by atoms with Crippen molar-refractivity contribution in [3.05, 3.63) is 34.9 Å². The van der Waals surface area contributed by atoms with Crippen LogP contribution in [0.3, 0.4) is 0 Å². The van der Waals surface area contributed by atoms with Gasteiger partial charge in [0.05, 0.1) is 11.5 Å². The quantitative estimate of drug-likeness (QED) is 0.816. The minimum atomic E-state index is -4.36. The van der Waals surface area contributed by atoms with Crippen LogP contribution in [0.2, 0.25) is 5.02 Å². The Hall–Kier alpha value is -1.41. The highest BCUT2D eigenvalue weighted by Crippen LogP contribution is 2.21. The number of carboxylic acid groups (broad SMARTS) is 1. The zero-order valence-corrected chi connectivity index (χ0v) is 12.8. The van der Waals surface area contributed by atoms with Crippen LogP contribution in [0, 0.1) is 0 Å². The van der Waals surface area contributed by atoms with Crippen LogP contribution in [0.25, 0.3) is 0 Å². The van der Waals surface area contributed by atoms with E-state index in [1.807, 2.05) is 0 Å². The molecule has 0 aliphatic heterocycles. The molecule has 0 saturated carbocycles. The highest BCUT2D eigenvalue weighted by Gasteiger charge is 2.28. The summed E-state index contributed by atoms with van der Waals surface area (Å²) in [4.78, 5) is 23.7. The Morgan fingerprint density at radius 3 is 2.32 bits per heavy atom. The number of carbonyl (C=O) groups excluding carboxylic acids is 1. The van der Waals surface area contributed by atoms with Gasteiger partial charge in [0.1, 0.15) is 6.54 Å². The van der Waals surface area contributed by atoms with Gasteiger partial charge in [0.2, 0.25) is 5.91 Å². The molecule has 1 N–H and O–H groups in total. The summed E-state index contributed by atoms with van der Waals surface area (Å²) in [7, 11) is 0. The van der Waals surface area contributed by atoms with Gasteiger partial charge in [-0.3, -0.25) is 9.59 Å². The van der Waals surface area contributed by atoms with E-state index >= 15 is 0 Å². The number of carboxylic acids is 1. The van der Waals surface area contributed by atoms with Crippen molar-refractivity contribution in [3.63, 3.8) is 0 Å². The molecule has 122 valence electrons. The Kier molecular flexibility index (Phi) is 7.02. The Morgan fingerprint density at radius 1 is 1.23 bits per heavy atom. The van der Waals surface area contributed by atoms with Crippen molar-refractivity contribution in [2.45, 2.75) is 12.7 Å². The summed E-state index contributed by atoms with van der Waals surface area (Å²) >= 11 is 6.13. The second-order valence-corrected chi connectivity index (χ2v) is 5.80. The fraction of sp³-hybridized carbons (Fsp3) is 0.385. The van der Waals surface area contributed by atoms with Crippen molar-refractivity contribution in [1.29, 1.82) is 0 Å². The Bertz CT molecular complexity index is 522. The minimum Gasteiger partial charge on any atom is -0.480 e. The topological polar surface area (TPSA) is 57.6 Å². The summed E-state index contributed by atoms with van der Waals surface area (Å²) in [6.45, 7) is -0.580. The van der Waals surface area contributed by atoms with Crippen LogP contribution in [0.5, 0.6) is 0 Å². The van der Waals surface area contributed by atoms with Gasteiger partial charge in [0.25, 0.3) is 0 Å². The molecule has 0 heterocycles. The molecule has 0 aliphatic rings. The first-order valence-corrected chi connectivity index (χ1v) is 7.59. The van der Waals surface area contributed by atoms with Crippen LogP contribution in [-0.4, -0.2) is 46.1 Å². The number of hydrogen-bond donors (Lipinski definition) is 1. The van der Waals surface area contributed by atoms with Crippen LogP contribution >= 0.6 is 23.4 Å². The van der Waals surface area contributed by atoms with Gasteiger partial charge in [-0.25, -0.2) is 0 Å². The van der Waals surface area contributed by atoms with E-state index in [-0.39, 0.29) is 6.54 Å². The van der Waals surface area contributed by atoms with Gasteiger partial charge in [-0.15, -0.1) is 11.8 Å². The highest BCUT2D eigenvalue weighted by atomic mass is 35.5. The van der Waals surface area contributed by atoms with Crippen molar-refractivity contribution in [2.75, 3.05) is 18.1 Å². The summed E-state index contributed by atoms with van der Waals surface area (Å²) < 4.78 is 36.1. The molecular weight excluding hydrogens is 343 g/mol. The van der Waals surface area contributed by atoms with Crippen molar-refractivity contribution >= 4 is 35.2 Å². The van der Waals surface area contributed by atoms with Gasteiger partial charge in [-0.1, -0.05) is 23.7 Å². The van der Waals surface area contributed by atoms with Gasteiger partial charge in [0, 0.05) is 11.6 Å². The van der Waals surface area contributed by atoms with Gasteiger partial charge in [-0.2, -0.15) is 13.2 Å². The zero-order valence-electron chi connectivity index (χ0n) is 11.3. The fourth-order valence-corrected chi connectivity index (χ4v) is 2.37. The number of benzene rings is 1. The smallest absolute Gasteiger partial charge is 0.397 e. The third kappa shape index (κ3) is 7.56. The molecule has 0 saturated heterocycles. The van der Waals surface area contributed by atoms with Gasteiger partial charge < -0.3 is 10.0 Å². The highest BCUT2D eigenvalue weighted by molar-refractivity contribution is 8.00. The van der Waals surface area contributed by atoms with Gasteiger partial charge in [0.15, 0.2) is 0 Å². The molecule has 0 fully saturated rings. The lowest BCUT2D eigenvalue weighted by molar-refractivity contribution is -0.143. The molecular formula is C13H13ClF3NO3S. The lowest BCUT2D eigenvalue weighted by Gasteiger charge is -2.21. The standard InChI is InChI=1S/C13H13ClF3NO3S/c14-10-3-1-9(2-4-10)5-18(6-12(20)21)11(19)7-22-8-13(15,16)17/h1-4H,5-8H2,(H,20,21). The van der Waals surface area contributed by atoms with E-state index in [2.05, 4.69) is 0 Å². The number of halogens is 4. The maximum Gasteiger partial charge on any atom is 0.397 e. The van der Waals surface area contributed by atoms with Crippen LogP contribution in [0.4, 0.5) is 13.2 Å². The third-order valence-corrected chi connectivity index (χ3v) is 3.69. The van der Waals surface area contributed by atoms with E-state index in [9.17, 15) is 22.8 Å². The molecule has 9 heteroatoms. The first-order valence-electron chi connectivity index (χ1n) is 6.06. The fourth-order valence-electron chi connectivity index (χ4n) is 1.55. The average molecular weight is 356 g/mol. The zero-order chi connectivity index (χ0) is 16.8. The number of nitrogens with zero attached hydrogens (tertiary/aromatic N) is 1. The van der Waals surface area contributed by atoms with Crippen molar-refractivity contribution < 1.29 is 27.9 Å². The van der Waals surface area contributed by atoms with E-state index in [4.69, 9.17) is 16.7 Å². The number of carbonyl (C=O) groups is 2. The molecule has 0 atom stereocenters. The molecule has 1 aromatic rings. The maximum absolute atomic E-state index is 12.0. The predicted octanol–water partition coefficient (Wildman–Crippen LogP) is 3.05. The maximum atomic E-state index is 12.0. The minimum absolute atomic E-state index is 0.00508. The second-order valence-electron chi connectivity index (χ2n) is 4.38. The van der Waals surface area contributed by atoms with Crippen LogP contribution in [0.1, 0.15) is 5.56 Å². The number of rotatable bonds is 7. The van der Waals surface area contributed by atoms with Gasteiger partial charge in [-0.05, 0) is 17.7 Å². The molecule has 0 unspecified atom stereocenters. The third-order valence-electron chi connectivity index (χ3n) is 2.46. The number of thioether (sulfide) groups is 1. The number of alkyl halides is 3. The molecule has 1 amide bonds. The van der Waals surface area contributed by atoms with E-state index in [0.29, 0.717) is 22.3 Å². The van der Waals surface area contributed by atoms with E-state index in [1.165, 1.54) is 0 Å². The van der Waals surface area contributed by atoms with E-state index in [1.54, 1.807) is 24.3 Å². The average Bonchev–Trinajstić information content (AvgIpc) is 2.38. The summed E-state index contributed by atoms with van der Waals surface area (Å²) in [5.41, 5.74) is 0.639. The van der Waals surface area contributed by atoms with Gasteiger partial charge >= 0.3 is 12.1 Å². The first kappa shape index (κ1) is 18.6. The van der Waals surface area contributed by atoms with Crippen LogP contribution in [-0.2, 0) is 16.1 Å². The molecule has 1 aromatic carbocycles. The Labute approximate surface area is 134 Å². The number of hydrogen-bond acceptors (Lipinski definition) is 3. The largest absolute Gasteiger partial charge is 0.480 e. The molecule has 0 aromatic heterocycles. The molecule has 0 bridgehead atoms.